The molecule has 3 heterocycles. The quantitative estimate of drug-likeness (QED) is 0.924. The number of nitrogens with two attached hydrogens (primary N) is 1. The van der Waals surface area contributed by atoms with Gasteiger partial charge in [-0.3, -0.25) is 0 Å². The lowest BCUT2D eigenvalue weighted by Crippen LogP contribution is -2.30. The van der Waals surface area contributed by atoms with E-state index in [-0.39, 0.29) is 6.04 Å². The third-order valence-electron chi connectivity index (χ3n) is 3.24. The molecule has 2 aromatic rings. The number of likely N-dealkylation sites (tertiary alicyclic amines) is 1. The molecular formula is C12H15BrN4OS. The molecule has 102 valence electrons. The Morgan fingerprint density at radius 2 is 2.26 bits per heavy atom. The van der Waals surface area contributed by atoms with E-state index in [2.05, 4.69) is 31.0 Å². The van der Waals surface area contributed by atoms with Gasteiger partial charge in [-0.05, 0) is 47.9 Å². The van der Waals surface area contributed by atoms with E-state index in [1.165, 1.54) is 12.8 Å². The second-order valence-electron chi connectivity index (χ2n) is 4.71. The Kier molecular flexibility index (Phi) is 3.97. The molecule has 7 heteroatoms. The minimum absolute atomic E-state index is 0.183. The average Bonchev–Trinajstić information content (AvgIpc) is 3.07. The van der Waals surface area contributed by atoms with Crippen LogP contribution in [-0.2, 0) is 0 Å². The smallest absolute Gasteiger partial charge is 0.258 e. The third kappa shape index (κ3) is 3.05. The van der Waals surface area contributed by atoms with Gasteiger partial charge < -0.3 is 15.2 Å². The van der Waals surface area contributed by atoms with Crippen LogP contribution >= 0.6 is 27.3 Å². The van der Waals surface area contributed by atoms with Gasteiger partial charge in [0.1, 0.15) is 0 Å². The summed E-state index contributed by atoms with van der Waals surface area (Å²) in [5.74, 6) is 1.12. The Morgan fingerprint density at radius 1 is 1.47 bits per heavy atom. The number of thiophene rings is 1. The highest BCUT2D eigenvalue weighted by Crippen LogP contribution is 2.28. The maximum atomic E-state index is 6.14. The van der Waals surface area contributed by atoms with Crippen molar-refractivity contribution in [3.05, 3.63) is 21.1 Å². The summed E-state index contributed by atoms with van der Waals surface area (Å²) in [6.45, 7) is 3.04. The van der Waals surface area contributed by atoms with E-state index >= 15 is 0 Å². The molecule has 0 amide bonds. The number of rotatable bonds is 4. The Balaban J connectivity index is 1.69. The van der Waals surface area contributed by atoms with Gasteiger partial charge in [-0.2, -0.15) is 4.98 Å². The third-order valence-corrected chi connectivity index (χ3v) is 4.75. The van der Waals surface area contributed by atoms with Crippen LogP contribution in [0.15, 0.2) is 19.8 Å². The van der Waals surface area contributed by atoms with Gasteiger partial charge in [0, 0.05) is 11.9 Å². The SMILES string of the molecule is NC(CN1CCCC1)c1noc(-c2csc(Br)c2)n1. The summed E-state index contributed by atoms with van der Waals surface area (Å²) in [6, 6.07) is 1.78. The maximum Gasteiger partial charge on any atom is 0.258 e. The molecule has 3 rings (SSSR count). The Hall–Kier alpha value is -0.760. The summed E-state index contributed by atoms with van der Waals surface area (Å²) < 4.78 is 6.32. The zero-order valence-electron chi connectivity index (χ0n) is 10.4. The van der Waals surface area contributed by atoms with Crippen LogP contribution < -0.4 is 5.73 Å². The molecule has 0 spiro atoms. The molecule has 1 saturated heterocycles. The fraction of sp³-hybridized carbons (Fsp3) is 0.500. The van der Waals surface area contributed by atoms with Crippen LogP contribution in [0.5, 0.6) is 0 Å². The Morgan fingerprint density at radius 3 is 2.95 bits per heavy atom. The standard InChI is InChI=1S/C12H15BrN4OS/c13-10-5-8(7-19-10)12-15-11(16-18-12)9(14)6-17-3-1-2-4-17/h5,7,9H,1-4,6,14H2. The summed E-state index contributed by atoms with van der Waals surface area (Å²) in [6.07, 6.45) is 2.51. The van der Waals surface area contributed by atoms with E-state index in [0.29, 0.717) is 11.7 Å². The molecule has 1 atom stereocenters. The molecule has 2 aromatic heterocycles. The van der Waals surface area contributed by atoms with E-state index < -0.39 is 0 Å². The average molecular weight is 343 g/mol. The van der Waals surface area contributed by atoms with Crippen molar-refractivity contribution in [2.24, 2.45) is 5.73 Å². The topological polar surface area (TPSA) is 68.2 Å². The fourth-order valence-electron chi connectivity index (χ4n) is 2.25. The van der Waals surface area contributed by atoms with Crippen molar-refractivity contribution >= 4 is 27.3 Å². The Labute approximate surface area is 123 Å². The first-order valence-electron chi connectivity index (χ1n) is 6.28. The van der Waals surface area contributed by atoms with Crippen LogP contribution in [0.25, 0.3) is 11.5 Å². The normalized spacial score (nSPS) is 18.0. The molecule has 0 aromatic carbocycles. The van der Waals surface area contributed by atoms with Crippen LogP contribution in [0.1, 0.15) is 24.7 Å². The van der Waals surface area contributed by atoms with E-state index in [9.17, 15) is 0 Å². The van der Waals surface area contributed by atoms with Crippen molar-refractivity contribution < 1.29 is 4.52 Å². The minimum atomic E-state index is -0.183. The molecule has 19 heavy (non-hydrogen) atoms. The number of halogens is 1. The predicted molar refractivity (Wildman–Crippen MR) is 77.9 cm³/mol. The molecule has 0 aliphatic carbocycles. The molecule has 2 N–H and O–H groups in total. The zero-order chi connectivity index (χ0) is 13.2. The van der Waals surface area contributed by atoms with Crippen LogP contribution in [0.4, 0.5) is 0 Å². The highest BCUT2D eigenvalue weighted by molar-refractivity contribution is 9.11. The summed E-state index contributed by atoms with van der Waals surface area (Å²) >= 11 is 5.01. The Bertz CT molecular complexity index is 549. The minimum Gasteiger partial charge on any atom is -0.334 e. The molecule has 0 bridgehead atoms. The molecule has 1 aliphatic rings. The van der Waals surface area contributed by atoms with Gasteiger partial charge >= 0.3 is 0 Å². The maximum absolute atomic E-state index is 6.14. The fourth-order valence-corrected chi connectivity index (χ4v) is 3.38. The van der Waals surface area contributed by atoms with E-state index in [4.69, 9.17) is 10.3 Å². The van der Waals surface area contributed by atoms with E-state index in [1.54, 1.807) is 11.3 Å². The molecule has 5 nitrogen and oxygen atoms in total. The first-order chi connectivity index (χ1) is 9.22. The number of nitrogens with zero attached hydrogens (tertiary/aromatic N) is 3. The predicted octanol–water partition coefficient (Wildman–Crippen LogP) is 2.66. The lowest BCUT2D eigenvalue weighted by molar-refractivity contribution is 0.306. The van der Waals surface area contributed by atoms with Crippen LogP contribution in [0.2, 0.25) is 0 Å². The first kappa shape index (κ1) is 13.2. The van der Waals surface area contributed by atoms with Gasteiger partial charge in [0.15, 0.2) is 5.82 Å². The second kappa shape index (κ2) is 5.70. The van der Waals surface area contributed by atoms with Crippen LogP contribution in [-0.4, -0.2) is 34.7 Å². The second-order valence-corrected chi connectivity index (χ2v) is 7.00. The molecule has 0 radical (unpaired) electrons. The first-order valence-corrected chi connectivity index (χ1v) is 7.95. The summed E-state index contributed by atoms with van der Waals surface area (Å²) in [5, 5.41) is 5.97. The number of aromatic nitrogens is 2. The van der Waals surface area contributed by atoms with Crippen molar-refractivity contribution in [1.82, 2.24) is 15.0 Å². The monoisotopic (exact) mass is 342 g/mol. The summed E-state index contributed by atoms with van der Waals surface area (Å²) in [5.41, 5.74) is 7.07. The van der Waals surface area contributed by atoms with Crippen molar-refractivity contribution in [3.63, 3.8) is 0 Å². The van der Waals surface area contributed by atoms with Crippen molar-refractivity contribution in [2.45, 2.75) is 18.9 Å². The number of hydrogen-bond acceptors (Lipinski definition) is 6. The number of hydrogen-bond donors (Lipinski definition) is 1. The largest absolute Gasteiger partial charge is 0.334 e. The summed E-state index contributed by atoms with van der Waals surface area (Å²) in [7, 11) is 0. The van der Waals surface area contributed by atoms with Crippen LogP contribution in [0, 0.1) is 0 Å². The zero-order valence-corrected chi connectivity index (χ0v) is 12.8. The molecular weight excluding hydrogens is 328 g/mol. The highest BCUT2D eigenvalue weighted by Gasteiger charge is 2.20. The van der Waals surface area contributed by atoms with Gasteiger partial charge in [0.25, 0.3) is 5.89 Å². The lowest BCUT2D eigenvalue weighted by Gasteiger charge is -2.17. The van der Waals surface area contributed by atoms with Gasteiger partial charge in [0.2, 0.25) is 0 Å². The molecule has 1 aliphatic heterocycles. The van der Waals surface area contributed by atoms with Crippen molar-refractivity contribution in [1.29, 1.82) is 0 Å². The molecule has 1 fully saturated rings. The summed E-state index contributed by atoms with van der Waals surface area (Å²) in [4.78, 5) is 6.74. The van der Waals surface area contributed by atoms with E-state index in [0.717, 1.165) is 29.0 Å². The van der Waals surface area contributed by atoms with Crippen LogP contribution in [0.3, 0.4) is 0 Å². The molecule has 1 unspecified atom stereocenters. The van der Waals surface area contributed by atoms with Gasteiger partial charge in [-0.15, -0.1) is 11.3 Å². The van der Waals surface area contributed by atoms with Gasteiger partial charge in [-0.1, -0.05) is 5.16 Å². The lowest BCUT2D eigenvalue weighted by atomic mass is 10.2. The van der Waals surface area contributed by atoms with Gasteiger partial charge in [0.05, 0.1) is 15.4 Å². The molecule has 0 saturated carbocycles. The van der Waals surface area contributed by atoms with Crippen molar-refractivity contribution in [3.8, 4) is 11.5 Å². The van der Waals surface area contributed by atoms with Gasteiger partial charge in [-0.25, -0.2) is 0 Å². The highest BCUT2D eigenvalue weighted by atomic mass is 79.9. The van der Waals surface area contributed by atoms with Crippen molar-refractivity contribution in [2.75, 3.05) is 19.6 Å². The van der Waals surface area contributed by atoms with E-state index in [1.807, 2.05) is 11.4 Å².